The topological polar surface area (TPSA) is 64.0 Å². The van der Waals surface area contributed by atoms with Crippen LogP contribution in [0.5, 0.6) is 0 Å². The van der Waals surface area contributed by atoms with Gasteiger partial charge in [0.15, 0.2) is 5.16 Å². The molecule has 1 heterocycles. The second-order valence-electron chi connectivity index (χ2n) is 7.80. The van der Waals surface area contributed by atoms with Crippen LogP contribution in [0.3, 0.4) is 0 Å². The Morgan fingerprint density at radius 2 is 1.76 bits per heavy atom. The number of carbonyl (C=O) groups excluding carboxylic acids is 1. The van der Waals surface area contributed by atoms with Gasteiger partial charge in [-0.15, -0.1) is 0 Å². The second kappa shape index (κ2) is 9.27. The monoisotopic (exact) mass is 409 g/mol. The predicted octanol–water partition coefficient (Wildman–Crippen LogP) is 4.91. The van der Waals surface area contributed by atoms with Gasteiger partial charge in [0, 0.05) is 12.2 Å². The summed E-state index contributed by atoms with van der Waals surface area (Å²) in [6, 6.07) is 15.2. The first kappa shape index (κ1) is 21.1. The van der Waals surface area contributed by atoms with Gasteiger partial charge >= 0.3 is 0 Å². The summed E-state index contributed by atoms with van der Waals surface area (Å²) in [6.07, 6.45) is 0. The third-order valence-corrected chi connectivity index (χ3v) is 5.54. The molecule has 0 spiro atoms. The van der Waals surface area contributed by atoms with E-state index in [1.807, 2.05) is 42.5 Å². The number of nitrogens with zero attached hydrogens (tertiary/aromatic N) is 2. The Kier molecular flexibility index (Phi) is 6.75. The minimum atomic E-state index is -0.110. The van der Waals surface area contributed by atoms with Crippen LogP contribution < -0.4 is 10.9 Å². The van der Waals surface area contributed by atoms with Crippen molar-refractivity contribution in [3.05, 3.63) is 64.4 Å². The SMILES string of the molecule is CC(C)Cn1c(SCC(=O)Nc2ccccc2C(C)C)nc2ccccc2c1=O. The van der Waals surface area contributed by atoms with Gasteiger partial charge in [-0.3, -0.25) is 14.2 Å². The standard InChI is InChI=1S/C23H27N3O2S/c1-15(2)13-26-22(28)18-10-6-8-12-20(18)25-23(26)29-14-21(27)24-19-11-7-5-9-17(19)16(3)4/h5-12,15-16H,13-14H2,1-4H3,(H,24,27). The molecule has 0 radical (unpaired) electrons. The molecule has 2 aromatic carbocycles. The summed E-state index contributed by atoms with van der Waals surface area (Å²) in [6.45, 7) is 8.89. The number of anilines is 1. The maximum absolute atomic E-state index is 12.9. The van der Waals surface area contributed by atoms with Gasteiger partial charge in [-0.2, -0.15) is 0 Å². The molecule has 0 aliphatic rings. The lowest BCUT2D eigenvalue weighted by atomic mass is 10.0. The Morgan fingerprint density at radius 3 is 2.48 bits per heavy atom. The largest absolute Gasteiger partial charge is 0.325 e. The molecule has 0 saturated carbocycles. The molecule has 0 atom stereocenters. The smallest absolute Gasteiger partial charge is 0.262 e. The number of rotatable bonds is 7. The first-order valence-corrected chi connectivity index (χ1v) is 10.9. The van der Waals surface area contributed by atoms with E-state index in [0.29, 0.717) is 34.4 Å². The van der Waals surface area contributed by atoms with E-state index in [1.165, 1.54) is 11.8 Å². The molecule has 6 heteroatoms. The molecule has 1 amide bonds. The van der Waals surface area contributed by atoms with Gasteiger partial charge in [-0.05, 0) is 35.6 Å². The fraction of sp³-hybridized carbons (Fsp3) is 0.348. The lowest BCUT2D eigenvalue weighted by molar-refractivity contribution is -0.113. The fourth-order valence-electron chi connectivity index (χ4n) is 3.21. The van der Waals surface area contributed by atoms with Crippen LogP contribution in [0.4, 0.5) is 5.69 Å². The minimum absolute atomic E-state index is 0.0580. The Morgan fingerprint density at radius 1 is 1.07 bits per heavy atom. The van der Waals surface area contributed by atoms with Crippen LogP contribution in [0, 0.1) is 5.92 Å². The van der Waals surface area contributed by atoms with Crippen molar-refractivity contribution < 1.29 is 4.79 Å². The number of nitrogens with one attached hydrogen (secondary N) is 1. The van der Waals surface area contributed by atoms with E-state index < -0.39 is 0 Å². The van der Waals surface area contributed by atoms with Crippen LogP contribution in [0.2, 0.25) is 0 Å². The zero-order chi connectivity index (χ0) is 21.0. The molecule has 0 fully saturated rings. The second-order valence-corrected chi connectivity index (χ2v) is 8.74. The number of thioether (sulfide) groups is 1. The molecule has 29 heavy (non-hydrogen) atoms. The maximum atomic E-state index is 12.9. The number of fused-ring (bicyclic) bond motifs is 1. The maximum Gasteiger partial charge on any atom is 0.262 e. The summed E-state index contributed by atoms with van der Waals surface area (Å²) in [5.74, 6) is 0.691. The van der Waals surface area contributed by atoms with E-state index >= 15 is 0 Å². The molecule has 0 unspecified atom stereocenters. The van der Waals surface area contributed by atoms with Crippen molar-refractivity contribution >= 4 is 34.3 Å². The number of hydrogen-bond acceptors (Lipinski definition) is 4. The quantitative estimate of drug-likeness (QED) is 0.445. The first-order valence-electron chi connectivity index (χ1n) is 9.88. The molecule has 5 nitrogen and oxygen atoms in total. The van der Waals surface area contributed by atoms with Crippen LogP contribution in [-0.2, 0) is 11.3 Å². The van der Waals surface area contributed by atoms with Gasteiger partial charge in [-0.25, -0.2) is 4.98 Å². The number of aromatic nitrogens is 2. The minimum Gasteiger partial charge on any atom is -0.325 e. The Hall–Kier alpha value is -2.60. The molecule has 1 aromatic heterocycles. The molecule has 0 aliphatic carbocycles. The predicted molar refractivity (Wildman–Crippen MR) is 121 cm³/mol. The highest BCUT2D eigenvalue weighted by atomic mass is 32.2. The number of amides is 1. The van der Waals surface area contributed by atoms with E-state index in [2.05, 4.69) is 38.0 Å². The average Bonchev–Trinajstić information content (AvgIpc) is 2.69. The number of benzene rings is 2. The van der Waals surface area contributed by atoms with Crippen molar-refractivity contribution in [1.29, 1.82) is 0 Å². The van der Waals surface area contributed by atoms with E-state index in [1.54, 1.807) is 10.6 Å². The molecule has 0 aliphatic heterocycles. The first-order chi connectivity index (χ1) is 13.9. The molecular formula is C23H27N3O2S. The van der Waals surface area contributed by atoms with Gasteiger partial charge in [-0.1, -0.05) is 69.8 Å². The normalized spacial score (nSPS) is 11.4. The Bertz CT molecular complexity index is 1070. The fourth-order valence-corrected chi connectivity index (χ4v) is 4.02. The van der Waals surface area contributed by atoms with E-state index in [0.717, 1.165) is 11.3 Å². The van der Waals surface area contributed by atoms with Crippen molar-refractivity contribution in [2.75, 3.05) is 11.1 Å². The number of carbonyl (C=O) groups is 1. The molecule has 0 bridgehead atoms. The highest BCUT2D eigenvalue weighted by Gasteiger charge is 2.15. The highest BCUT2D eigenvalue weighted by Crippen LogP contribution is 2.24. The summed E-state index contributed by atoms with van der Waals surface area (Å²) in [7, 11) is 0. The highest BCUT2D eigenvalue weighted by molar-refractivity contribution is 7.99. The zero-order valence-corrected chi connectivity index (χ0v) is 18.1. The van der Waals surface area contributed by atoms with E-state index in [9.17, 15) is 9.59 Å². The van der Waals surface area contributed by atoms with Gasteiger partial charge in [0.1, 0.15) is 0 Å². The van der Waals surface area contributed by atoms with Crippen molar-refractivity contribution in [2.24, 2.45) is 5.92 Å². The molecule has 152 valence electrons. The van der Waals surface area contributed by atoms with Gasteiger partial charge in [0.25, 0.3) is 5.56 Å². The molecule has 1 N–H and O–H groups in total. The van der Waals surface area contributed by atoms with Crippen molar-refractivity contribution in [3.8, 4) is 0 Å². The summed E-state index contributed by atoms with van der Waals surface area (Å²) in [5.41, 5.74) is 2.54. The van der Waals surface area contributed by atoms with Crippen molar-refractivity contribution in [1.82, 2.24) is 9.55 Å². The Balaban J connectivity index is 1.83. The van der Waals surface area contributed by atoms with E-state index in [4.69, 9.17) is 0 Å². The molecule has 3 rings (SSSR count). The van der Waals surface area contributed by atoms with Crippen LogP contribution in [0.1, 0.15) is 39.2 Å². The van der Waals surface area contributed by atoms with Crippen LogP contribution in [0.25, 0.3) is 10.9 Å². The van der Waals surface area contributed by atoms with Gasteiger partial charge < -0.3 is 5.32 Å². The summed E-state index contributed by atoms with van der Waals surface area (Å²) in [4.78, 5) is 30.2. The summed E-state index contributed by atoms with van der Waals surface area (Å²) < 4.78 is 1.69. The lowest BCUT2D eigenvalue weighted by Gasteiger charge is -2.16. The van der Waals surface area contributed by atoms with Crippen LogP contribution in [-0.4, -0.2) is 21.2 Å². The number of hydrogen-bond donors (Lipinski definition) is 1. The van der Waals surface area contributed by atoms with Crippen LogP contribution >= 0.6 is 11.8 Å². The summed E-state index contributed by atoms with van der Waals surface area (Å²) >= 11 is 1.30. The van der Waals surface area contributed by atoms with Crippen molar-refractivity contribution in [3.63, 3.8) is 0 Å². The van der Waals surface area contributed by atoms with E-state index in [-0.39, 0.29) is 17.2 Å². The van der Waals surface area contributed by atoms with Crippen LogP contribution in [0.15, 0.2) is 58.5 Å². The third kappa shape index (κ3) is 5.07. The van der Waals surface area contributed by atoms with Crippen molar-refractivity contribution in [2.45, 2.75) is 45.3 Å². The average molecular weight is 410 g/mol. The molecule has 3 aromatic rings. The van der Waals surface area contributed by atoms with Gasteiger partial charge in [0.2, 0.25) is 5.91 Å². The molecule has 0 saturated heterocycles. The summed E-state index contributed by atoms with van der Waals surface area (Å²) in [5, 5.41) is 4.18. The van der Waals surface area contributed by atoms with Gasteiger partial charge in [0.05, 0.1) is 16.7 Å². The lowest BCUT2D eigenvalue weighted by Crippen LogP contribution is -2.26. The third-order valence-electron chi connectivity index (χ3n) is 4.56. The zero-order valence-electron chi connectivity index (χ0n) is 17.3. The number of para-hydroxylation sites is 2. The molecular weight excluding hydrogens is 382 g/mol. The Labute approximate surface area is 175 Å².